The molecule has 2 heterocycles. The Balaban J connectivity index is 1.78. The lowest BCUT2D eigenvalue weighted by atomic mass is 9.98. The standard InChI is InChI=1S/C16H20N4O2/c1-12-5-2-3-7-14(12)20-11-17-18-15(20)10-19-8-4-6-13(9-19)16(21)22/h2-3,5,7,11,13H,4,6,8-10H2,1H3,(H,21,22)/t13-/m0/s1. The molecule has 1 aromatic carbocycles. The van der Waals surface area contributed by atoms with Gasteiger partial charge >= 0.3 is 5.97 Å². The summed E-state index contributed by atoms with van der Waals surface area (Å²) in [7, 11) is 0. The van der Waals surface area contributed by atoms with E-state index in [1.165, 1.54) is 0 Å². The van der Waals surface area contributed by atoms with Crippen LogP contribution in [0.25, 0.3) is 5.69 Å². The van der Waals surface area contributed by atoms with Gasteiger partial charge in [0, 0.05) is 6.54 Å². The van der Waals surface area contributed by atoms with Crippen LogP contribution in [-0.4, -0.2) is 43.8 Å². The number of likely N-dealkylation sites (tertiary alicyclic amines) is 1. The Morgan fingerprint density at radius 2 is 2.23 bits per heavy atom. The second-order valence-electron chi connectivity index (χ2n) is 5.82. The number of nitrogens with zero attached hydrogens (tertiary/aromatic N) is 4. The first-order valence-electron chi connectivity index (χ1n) is 7.55. The Bertz CT molecular complexity index is 668. The molecular weight excluding hydrogens is 280 g/mol. The van der Waals surface area contributed by atoms with Crippen LogP contribution in [0.5, 0.6) is 0 Å². The highest BCUT2D eigenvalue weighted by Gasteiger charge is 2.26. The van der Waals surface area contributed by atoms with Crippen LogP contribution in [0, 0.1) is 12.8 Å². The zero-order valence-electron chi connectivity index (χ0n) is 12.6. The zero-order valence-corrected chi connectivity index (χ0v) is 12.6. The molecule has 0 aliphatic carbocycles. The van der Waals surface area contributed by atoms with Crippen LogP contribution >= 0.6 is 0 Å². The molecule has 116 valence electrons. The third-order valence-corrected chi connectivity index (χ3v) is 4.21. The molecule has 0 saturated carbocycles. The van der Waals surface area contributed by atoms with E-state index in [9.17, 15) is 9.90 Å². The molecule has 0 bridgehead atoms. The zero-order chi connectivity index (χ0) is 15.5. The van der Waals surface area contributed by atoms with Crippen molar-refractivity contribution in [2.45, 2.75) is 26.3 Å². The maximum Gasteiger partial charge on any atom is 0.307 e. The third-order valence-electron chi connectivity index (χ3n) is 4.21. The van der Waals surface area contributed by atoms with Crippen LogP contribution in [0.1, 0.15) is 24.2 Å². The van der Waals surface area contributed by atoms with Crippen LogP contribution in [0.2, 0.25) is 0 Å². The maximum atomic E-state index is 11.2. The quantitative estimate of drug-likeness (QED) is 0.933. The van der Waals surface area contributed by atoms with Gasteiger partial charge in [0.05, 0.1) is 18.2 Å². The average molecular weight is 300 g/mol. The summed E-state index contributed by atoms with van der Waals surface area (Å²) in [5, 5.41) is 17.4. The lowest BCUT2D eigenvalue weighted by Gasteiger charge is -2.30. The molecule has 3 rings (SSSR count). The number of piperidine rings is 1. The molecule has 22 heavy (non-hydrogen) atoms. The Labute approximate surface area is 129 Å². The van der Waals surface area contributed by atoms with Crippen molar-refractivity contribution in [3.8, 4) is 5.69 Å². The molecule has 0 spiro atoms. The summed E-state index contributed by atoms with van der Waals surface area (Å²) in [5.41, 5.74) is 2.22. The van der Waals surface area contributed by atoms with Gasteiger partial charge < -0.3 is 5.11 Å². The molecule has 6 nitrogen and oxygen atoms in total. The van der Waals surface area contributed by atoms with Crippen molar-refractivity contribution in [2.24, 2.45) is 5.92 Å². The Morgan fingerprint density at radius 3 is 3.00 bits per heavy atom. The predicted octanol–water partition coefficient (Wildman–Crippen LogP) is 1.87. The van der Waals surface area contributed by atoms with E-state index in [-0.39, 0.29) is 5.92 Å². The van der Waals surface area contributed by atoms with E-state index in [4.69, 9.17) is 0 Å². The number of carboxylic acids is 1. The minimum Gasteiger partial charge on any atom is -0.481 e. The normalized spacial score (nSPS) is 19.2. The topological polar surface area (TPSA) is 71.2 Å². The van der Waals surface area contributed by atoms with E-state index in [1.54, 1.807) is 6.33 Å². The van der Waals surface area contributed by atoms with Crippen LogP contribution < -0.4 is 0 Å². The van der Waals surface area contributed by atoms with Gasteiger partial charge in [-0.1, -0.05) is 18.2 Å². The molecule has 1 fully saturated rings. The van der Waals surface area contributed by atoms with E-state index < -0.39 is 5.97 Å². The molecule has 6 heteroatoms. The van der Waals surface area contributed by atoms with Gasteiger partial charge in [0.15, 0.2) is 5.82 Å². The highest BCUT2D eigenvalue weighted by Crippen LogP contribution is 2.20. The molecule has 1 aromatic heterocycles. The smallest absolute Gasteiger partial charge is 0.307 e. The molecule has 1 N–H and O–H groups in total. The van der Waals surface area contributed by atoms with Crippen LogP contribution in [-0.2, 0) is 11.3 Å². The average Bonchev–Trinajstić information content (AvgIpc) is 2.96. The minimum absolute atomic E-state index is 0.274. The number of hydrogen-bond acceptors (Lipinski definition) is 4. The first kappa shape index (κ1) is 14.7. The largest absolute Gasteiger partial charge is 0.481 e. The minimum atomic E-state index is -0.704. The van der Waals surface area contributed by atoms with Gasteiger partial charge in [0.2, 0.25) is 0 Å². The van der Waals surface area contributed by atoms with Gasteiger partial charge in [0.25, 0.3) is 0 Å². The number of aromatic nitrogens is 3. The molecule has 0 unspecified atom stereocenters. The monoisotopic (exact) mass is 300 g/mol. The first-order valence-corrected chi connectivity index (χ1v) is 7.55. The van der Waals surface area contributed by atoms with Gasteiger partial charge in [-0.3, -0.25) is 14.3 Å². The number of para-hydroxylation sites is 1. The van der Waals surface area contributed by atoms with E-state index in [1.807, 2.05) is 22.8 Å². The molecule has 2 aromatic rings. The van der Waals surface area contributed by atoms with Gasteiger partial charge in [-0.05, 0) is 37.9 Å². The lowest BCUT2D eigenvalue weighted by molar-refractivity contribution is -0.143. The summed E-state index contributed by atoms with van der Waals surface area (Å²) in [6.07, 6.45) is 3.39. The first-order chi connectivity index (χ1) is 10.6. The summed E-state index contributed by atoms with van der Waals surface area (Å²) in [6, 6.07) is 8.09. The van der Waals surface area contributed by atoms with E-state index in [0.717, 1.165) is 36.5 Å². The third kappa shape index (κ3) is 3.01. The SMILES string of the molecule is Cc1ccccc1-n1cnnc1CN1CCC[C@H](C(=O)O)C1. The molecule has 1 aliphatic rings. The van der Waals surface area contributed by atoms with Crippen LogP contribution in [0.3, 0.4) is 0 Å². The van der Waals surface area contributed by atoms with Crippen molar-refractivity contribution in [2.75, 3.05) is 13.1 Å². The fourth-order valence-corrected chi connectivity index (χ4v) is 3.00. The van der Waals surface area contributed by atoms with Crippen molar-refractivity contribution in [1.82, 2.24) is 19.7 Å². The van der Waals surface area contributed by atoms with Crippen LogP contribution in [0.15, 0.2) is 30.6 Å². The summed E-state index contributed by atoms with van der Waals surface area (Å²) in [6.45, 7) is 4.17. The Hall–Kier alpha value is -2.21. The molecular formula is C16H20N4O2. The highest BCUT2D eigenvalue weighted by atomic mass is 16.4. The van der Waals surface area contributed by atoms with E-state index in [2.05, 4.69) is 28.1 Å². The van der Waals surface area contributed by atoms with E-state index >= 15 is 0 Å². The Kier molecular flexibility index (Phi) is 4.20. The maximum absolute atomic E-state index is 11.2. The number of carboxylic acid groups (broad SMARTS) is 1. The lowest BCUT2D eigenvalue weighted by Crippen LogP contribution is -2.38. The summed E-state index contributed by atoms with van der Waals surface area (Å²) in [4.78, 5) is 13.3. The fraction of sp³-hybridized carbons (Fsp3) is 0.438. The highest BCUT2D eigenvalue weighted by molar-refractivity contribution is 5.70. The van der Waals surface area contributed by atoms with Gasteiger partial charge in [-0.25, -0.2) is 0 Å². The van der Waals surface area contributed by atoms with Gasteiger partial charge in [-0.2, -0.15) is 0 Å². The van der Waals surface area contributed by atoms with Crippen molar-refractivity contribution >= 4 is 5.97 Å². The predicted molar refractivity (Wildman–Crippen MR) is 81.7 cm³/mol. The fourth-order valence-electron chi connectivity index (χ4n) is 3.00. The number of rotatable bonds is 4. The molecule has 1 aliphatic heterocycles. The van der Waals surface area contributed by atoms with Crippen LogP contribution in [0.4, 0.5) is 0 Å². The van der Waals surface area contributed by atoms with Crippen molar-refractivity contribution < 1.29 is 9.90 Å². The molecule has 1 saturated heterocycles. The van der Waals surface area contributed by atoms with Crippen molar-refractivity contribution in [3.05, 3.63) is 42.0 Å². The number of aryl methyl sites for hydroxylation is 1. The van der Waals surface area contributed by atoms with Crippen molar-refractivity contribution in [3.63, 3.8) is 0 Å². The van der Waals surface area contributed by atoms with Gasteiger partial charge in [-0.15, -0.1) is 10.2 Å². The molecule has 0 amide bonds. The summed E-state index contributed by atoms with van der Waals surface area (Å²) in [5.74, 6) is -0.131. The Morgan fingerprint density at radius 1 is 1.41 bits per heavy atom. The van der Waals surface area contributed by atoms with E-state index in [0.29, 0.717) is 13.1 Å². The second-order valence-corrected chi connectivity index (χ2v) is 5.82. The van der Waals surface area contributed by atoms with Gasteiger partial charge in [0.1, 0.15) is 6.33 Å². The summed E-state index contributed by atoms with van der Waals surface area (Å²) >= 11 is 0. The number of carbonyl (C=O) groups is 1. The number of aliphatic carboxylic acids is 1. The molecule has 0 radical (unpaired) electrons. The summed E-state index contributed by atoms with van der Waals surface area (Å²) < 4.78 is 1.99. The number of hydrogen-bond donors (Lipinski definition) is 1. The second kappa shape index (κ2) is 6.27. The number of benzene rings is 1. The van der Waals surface area contributed by atoms with Crippen molar-refractivity contribution in [1.29, 1.82) is 0 Å². The molecule has 1 atom stereocenters.